The maximum absolute atomic E-state index is 12.1. The molecular formula is C21H28N2O4. The van der Waals surface area contributed by atoms with Gasteiger partial charge in [-0.25, -0.2) is 0 Å². The molecule has 27 heavy (non-hydrogen) atoms. The van der Waals surface area contributed by atoms with Crippen molar-refractivity contribution in [3.63, 3.8) is 0 Å². The van der Waals surface area contributed by atoms with E-state index in [1.807, 2.05) is 26.0 Å². The number of rotatable bonds is 5. The van der Waals surface area contributed by atoms with E-state index in [1.54, 1.807) is 6.08 Å². The maximum atomic E-state index is 12.1. The third-order valence-corrected chi connectivity index (χ3v) is 5.03. The molecule has 0 radical (unpaired) electrons. The quantitative estimate of drug-likeness (QED) is 0.615. The van der Waals surface area contributed by atoms with Gasteiger partial charge in [-0.1, -0.05) is 19.3 Å². The minimum Gasteiger partial charge on any atom is -0.493 e. The van der Waals surface area contributed by atoms with Crippen molar-refractivity contribution in [2.75, 3.05) is 6.61 Å². The Morgan fingerprint density at radius 3 is 2.74 bits per heavy atom. The second-order valence-electron chi connectivity index (χ2n) is 7.21. The Morgan fingerprint density at radius 2 is 2.00 bits per heavy atom. The van der Waals surface area contributed by atoms with Gasteiger partial charge in [-0.3, -0.25) is 20.4 Å². The topological polar surface area (TPSA) is 76.7 Å². The van der Waals surface area contributed by atoms with Gasteiger partial charge < -0.3 is 9.47 Å². The molecule has 1 atom stereocenters. The molecule has 0 unspecified atom stereocenters. The van der Waals surface area contributed by atoms with Crippen LogP contribution in [0.15, 0.2) is 18.2 Å². The van der Waals surface area contributed by atoms with Gasteiger partial charge in [-0.15, -0.1) is 0 Å². The first-order valence-electron chi connectivity index (χ1n) is 9.81. The number of hydrogen-bond acceptors (Lipinski definition) is 4. The molecule has 0 aromatic heterocycles. The molecule has 1 aliphatic carbocycles. The first-order chi connectivity index (χ1) is 13.1. The van der Waals surface area contributed by atoms with Crippen molar-refractivity contribution in [2.45, 2.75) is 58.5 Å². The minimum atomic E-state index is -0.378. The fourth-order valence-corrected chi connectivity index (χ4v) is 3.66. The van der Waals surface area contributed by atoms with Crippen LogP contribution in [0.4, 0.5) is 0 Å². The van der Waals surface area contributed by atoms with Gasteiger partial charge >= 0.3 is 0 Å². The molecule has 0 bridgehead atoms. The Labute approximate surface area is 160 Å². The van der Waals surface area contributed by atoms with Gasteiger partial charge in [0.2, 0.25) is 5.91 Å². The molecule has 1 aromatic carbocycles. The highest BCUT2D eigenvalue weighted by Gasteiger charge is 2.22. The molecule has 3 rings (SSSR count). The largest absolute Gasteiger partial charge is 0.493 e. The van der Waals surface area contributed by atoms with E-state index in [4.69, 9.17) is 9.47 Å². The predicted molar refractivity (Wildman–Crippen MR) is 103 cm³/mol. The first-order valence-corrected chi connectivity index (χ1v) is 9.81. The summed E-state index contributed by atoms with van der Waals surface area (Å²) in [6.45, 7) is 4.49. The van der Waals surface area contributed by atoms with Crippen LogP contribution >= 0.6 is 0 Å². The average molecular weight is 372 g/mol. The summed E-state index contributed by atoms with van der Waals surface area (Å²) < 4.78 is 11.5. The number of carbonyl (C=O) groups is 2. The number of carbonyl (C=O) groups excluding carboxylic acids is 2. The normalized spacial score (nSPS) is 19.4. The number of nitrogens with one attached hydrogen (secondary N) is 2. The van der Waals surface area contributed by atoms with Crippen molar-refractivity contribution in [1.82, 2.24) is 10.9 Å². The first kappa shape index (κ1) is 19.3. The molecular weight excluding hydrogens is 344 g/mol. The fraction of sp³-hybridized carbons (Fsp3) is 0.524. The Hall–Kier alpha value is -2.50. The van der Waals surface area contributed by atoms with Crippen LogP contribution in [-0.4, -0.2) is 24.5 Å². The van der Waals surface area contributed by atoms with Crippen LogP contribution in [0.1, 0.15) is 57.1 Å². The number of hydrazine groups is 1. The molecule has 0 saturated heterocycles. The third-order valence-electron chi connectivity index (χ3n) is 5.03. The van der Waals surface area contributed by atoms with Crippen molar-refractivity contribution in [2.24, 2.45) is 5.92 Å². The van der Waals surface area contributed by atoms with Crippen LogP contribution in [0.5, 0.6) is 11.5 Å². The lowest BCUT2D eigenvalue weighted by Crippen LogP contribution is -2.44. The Kier molecular flexibility index (Phi) is 6.37. The second-order valence-corrected chi connectivity index (χ2v) is 7.21. The Balaban J connectivity index is 1.60. The third kappa shape index (κ3) is 5.02. The lowest BCUT2D eigenvalue weighted by atomic mass is 9.89. The van der Waals surface area contributed by atoms with Gasteiger partial charge in [0, 0.05) is 29.5 Å². The van der Waals surface area contributed by atoms with Crippen LogP contribution in [0.2, 0.25) is 0 Å². The molecule has 6 heteroatoms. The van der Waals surface area contributed by atoms with E-state index < -0.39 is 0 Å². The summed E-state index contributed by atoms with van der Waals surface area (Å²) in [6, 6.07) is 3.87. The molecule has 1 aliphatic heterocycles. The second kappa shape index (κ2) is 8.93. The lowest BCUT2D eigenvalue weighted by Gasteiger charge is -2.20. The smallest absolute Gasteiger partial charge is 0.262 e. The Bertz CT molecular complexity index is 723. The monoisotopic (exact) mass is 372 g/mol. The number of hydrogen-bond donors (Lipinski definition) is 2. The summed E-state index contributed by atoms with van der Waals surface area (Å²) in [5.41, 5.74) is 6.89. The van der Waals surface area contributed by atoms with Crippen molar-refractivity contribution in [3.05, 3.63) is 29.3 Å². The molecule has 2 N–H and O–H groups in total. The van der Waals surface area contributed by atoms with Crippen LogP contribution in [0.25, 0.3) is 6.08 Å². The SMILES string of the molecule is CCOc1cc2c(cc1/C=C/C(=O)NNC(=O)C1CCCCC1)O[C@@H](C)C2. The van der Waals surface area contributed by atoms with Crippen LogP contribution in [0, 0.1) is 5.92 Å². The number of fused-ring (bicyclic) bond motifs is 1. The van der Waals surface area contributed by atoms with E-state index in [9.17, 15) is 9.59 Å². The molecule has 1 fully saturated rings. The fourth-order valence-electron chi connectivity index (χ4n) is 3.66. The van der Waals surface area contributed by atoms with E-state index in [0.29, 0.717) is 6.61 Å². The van der Waals surface area contributed by atoms with E-state index in [0.717, 1.165) is 54.7 Å². The van der Waals surface area contributed by atoms with E-state index in [2.05, 4.69) is 10.9 Å². The van der Waals surface area contributed by atoms with Crippen LogP contribution in [0.3, 0.4) is 0 Å². The zero-order valence-corrected chi connectivity index (χ0v) is 16.0. The van der Waals surface area contributed by atoms with Crippen LogP contribution in [-0.2, 0) is 16.0 Å². The van der Waals surface area contributed by atoms with E-state index in [-0.39, 0.29) is 23.8 Å². The molecule has 6 nitrogen and oxygen atoms in total. The predicted octanol–water partition coefficient (Wildman–Crippen LogP) is 3.15. The number of ether oxygens (including phenoxy) is 2. The van der Waals surface area contributed by atoms with Crippen molar-refractivity contribution < 1.29 is 19.1 Å². The lowest BCUT2D eigenvalue weighted by molar-refractivity contribution is -0.130. The maximum Gasteiger partial charge on any atom is 0.262 e. The zero-order chi connectivity index (χ0) is 19.2. The summed E-state index contributed by atoms with van der Waals surface area (Å²) in [5.74, 6) is 1.08. The van der Waals surface area contributed by atoms with Gasteiger partial charge in [0.25, 0.3) is 5.91 Å². The summed E-state index contributed by atoms with van der Waals surface area (Å²) >= 11 is 0. The van der Waals surface area contributed by atoms with Gasteiger partial charge in [-0.05, 0) is 44.9 Å². The summed E-state index contributed by atoms with van der Waals surface area (Å²) in [6.07, 6.45) is 9.19. The molecule has 146 valence electrons. The molecule has 2 aliphatic rings. The summed E-state index contributed by atoms with van der Waals surface area (Å²) in [4.78, 5) is 24.2. The van der Waals surface area contributed by atoms with Crippen molar-refractivity contribution in [3.8, 4) is 11.5 Å². The van der Waals surface area contributed by atoms with Crippen LogP contribution < -0.4 is 20.3 Å². The van der Waals surface area contributed by atoms with Gasteiger partial charge in [0.1, 0.15) is 17.6 Å². The number of benzene rings is 1. The minimum absolute atomic E-state index is 0.00318. The molecule has 2 amide bonds. The highest BCUT2D eigenvalue weighted by molar-refractivity contribution is 5.93. The molecule has 1 saturated carbocycles. The van der Waals surface area contributed by atoms with Gasteiger partial charge in [-0.2, -0.15) is 0 Å². The number of amides is 2. The highest BCUT2D eigenvalue weighted by Crippen LogP contribution is 2.35. The Morgan fingerprint density at radius 1 is 1.22 bits per heavy atom. The van der Waals surface area contributed by atoms with Crippen molar-refractivity contribution in [1.29, 1.82) is 0 Å². The molecule has 1 heterocycles. The van der Waals surface area contributed by atoms with E-state index >= 15 is 0 Å². The van der Waals surface area contributed by atoms with E-state index in [1.165, 1.54) is 12.5 Å². The summed E-state index contributed by atoms with van der Waals surface area (Å²) in [7, 11) is 0. The molecule has 0 spiro atoms. The van der Waals surface area contributed by atoms with Gasteiger partial charge in [0.15, 0.2) is 0 Å². The summed E-state index contributed by atoms with van der Waals surface area (Å²) in [5, 5.41) is 0. The zero-order valence-electron chi connectivity index (χ0n) is 16.0. The molecule has 1 aromatic rings. The van der Waals surface area contributed by atoms with Gasteiger partial charge in [0.05, 0.1) is 6.61 Å². The highest BCUT2D eigenvalue weighted by atomic mass is 16.5. The standard InChI is InChI=1S/C21H28N2O4/c1-3-26-18-13-17-11-14(2)27-19(17)12-16(18)9-10-20(24)22-23-21(25)15-7-5-4-6-8-15/h9-10,12-15H,3-8,11H2,1-2H3,(H,22,24)(H,23,25)/b10-9+/t14-/m0/s1. The van der Waals surface area contributed by atoms with Crippen molar-refractivity contribution >= 4 is 17.9 Å². The average Bonchev–Trinajstić information content (AvgIpc) is 3.04.